The molecule has 9 nitrogen and oxygen atoms in total. The van der Waals surface area contributed by atoms with Crippen LogP contribution >= 0.6 is 11.8 Å². The van der Waals surface area contributed by atoms with Gasteiger partial charge in [-0.1, -0.05) is 18.2 Å². The molecule has 3 heterocycles. The van der Waals surface area contributed by atoms with E-state index in [2.05, 4.69) is 5.32 Å². The van der Waals surface area contributed by atoms with Crippen LogP contribution in [0.15, 0.2) is 76.2 Å². The van der Waals surface area contributed by atoms with Gasteiger partial charge in [0.1, 0.15) is 18.1 Å². The Morgan fingerprint density at radius 2 is 1.81 bits per heavy atom. The molecule has 0 spiro atoms. The molecule has 0 bridgehead atoms. The number of imide groups is 1. The van der Waals surface area contributed by atoms with Crippen LogP contribution in [0.5, 0.6) is 0 Å². The molecular formula is C26H18FN3O6S. The van der Waals surface area contributed by atoms with Crippen LogP contribution in [0.4, 0.5) is 14.9 Å². The van der Waals surface area contributed by atoms with Gasteiger partial charge in [0.05, 0.1) is 11.4 Å². The number of benzene rings is 2. The molecule has 1 saturated heterocycles. The number of carboxylic acids is 1. The van der Waals surface area contributed by atoms with Crippen LogP contribution in [0, 0.1) is 5.82 Å². The van der Waals surface area contributed by atoms with Crippen LogP contribution in [0.2, 0.25) is 0 Å². The molecule has 2 aromatic heterocycles. The Bertz CT molecular complexity index is 1590. The van der Waals surface area contributed by atoms with Crippen LogP contribution in [-0.2, 0) is 16.1 Å². The SMILES string of the molecule is O=C(CN1C(=O)S/C(=C\c2cn(Cc3ccc(C(=O)O)o3)c3ccccc23)C1=O)Nc1ccc(F)cc1. The van der Waals surface area contributed by atoms with Crippen LogP contribution in [-0.4, -0.2) is 44.1 Å². The smallest absolute Gasteiger partial charge is 0.371 e. The number of nitrogens with zero attached hydrogens (tertiary/aromatic N) is 2. The van der Waals surface area contributed by atoms with E-state index in [1.54, 1.807) is 18.3 Å². The first-order valence-corrected chi connectivity index (χ1v) is 11.8. The number of fused-ring (bicyclic) bond motifs is 1. The largest absolute Gasteiger partial charge is 0.475 e. The third kappa shape index (κ3) is 5.02. The highest BCUT2D eigenvalue weighted by Crippen LogP contribution is 2.34. The number of carboxylic acid groups (broad SMARTS) is 1. The Labute approximate surface area is 213 Å². The fourth-order valence-electron chi connectivity index (χ4n) is 3.92. The maximum atomic E-state index is 13.1. The van der Waals surface area contributed by atoms with E-state index >= 15 is 0 Å². The minimum absolute atomic E-state index is 0.161. The van der Waals surface area contributed by atoms with Crippen molar-refractivity contribution in [2.24, 2.45) is 0 Å². The molecule has 4 aromatic rings. The van der Waals surface area contributed by atoms with Crippen molar-refractivity contribution in [3.8, 4) is 0 Å². The number of halogens is 1. The molecule has 1 fully saturated rings. The van der Waals surface area contributed by atoms with Gasteiger partial charge in [0.2, 0.25) is 11.7 Å². The number of thioether (sulfide) groups is 1. The quantitative estimate of drug-likeness (QED) is 0.337. The Morgan fingerprint density at radius 3 is 2.54 bits per heavy atom. The Morgan fingerprint density at radius 1 is 1.05 bits per heavy atom. The van der Waals surface area contributed by atoms with E-state index in [1.165, 1.54) is 30.3 Å². The number of furan rings is 1. The van der Waals surface area contributed by atoms with Crippen molar-refractivity contribution < 1.29 is 33.1 Å². The van der Waals surface area contributed by atoms with Crippen LogP contribution < -0.4 is 5.32 Å². The monoisotopic (exact) mass is 519 g/mol. The van der Waals surface area contributed by atoms with E-state index in [-0.39, 0.29) is 17.2 Å². The minimum Gasteiger partial charge on any atom is -0.475 e. The summed E-state index contributed by atoms with van der Waals surface area (Å²) in [4.78, 5) is 50.0. The average Bonchev–Trinajstić information content (AvgIpc) is 3.55. The van der Waals surface area contributed by atoms with Crippen LogP contribution in [0.1, 0.15) is 21.9 Å². The first-order valence-electron chi connectivity index (χ1n) is 11.0. The van der Waals surface area contributed by atoms with Crippen LogP contribution in [0.3, 0.4) is 0 Å². The summed E-state index contributed by atoms with van der Waals surface area (Å²) in [6.45, 7) is -0.224. The van der Waals surface area contributed by atoms with E-state index < -0.39 is 35.4 Å². The summed E-state index contributed by atoms with van der Waals surface area (Å²) >= 11 is 0.731. The van der Waals surface area contributed by atoms with Crippen molar-refractivity contribution in [3.63, 3.8) is 0 Å². The lowest BCUT2D eigenvalue weighted by molar-refractivity contribution is -0.127. The summed E-state index contributed by atoms with van der Waals surface area (Å²) in [7, 11) is 0. The molecular weight excluding hydrogens is 501 g/mol. The summed E-state index contributed by atoms with van der Waals surface area (Å²) < 4.78 is 20.3. The molecule has 0 unspecified atom stereocenters. The number of carbonyl (C=O) groups is 4. The van der Waals surface area contributed by atoms with Gasteiger partial charge in [-0.05, 0) is 60.3 Å². The number of aromatic nitrogens is 1. The molecule has 2 N–H and O–H groups in total. The molecule has 0 atom stereocenters. The number of para-hydroxylation sites is 1. The lowest BCUT2D eigenvalue weighted by Crippen LogP contribution is -2.36. The van der Waals surface area contributed by atoms with Gasteiger partial charge in [-0.15, -0.1) is 0 Å². The summed E-state index contributed by atoms with van der Waals surface area (Å²) in [5.74, 6) is -2.53. The van der Waals surface area contributed by atoms with Crippen molar-refractivity contribution in [2.45, 2.75) is 6.54 Å². The molecule has 186 valence electrons. The average molecular weight is 520 g/mol. The number of rotatable bonds is 7. The zero-order chi connectivity index (χ0) is 26.1. The maximum Gasteiger partial charge on any atom is 0.371 e. The molecule has 3 amide bonds. The molecule has 0 aliphatic carbocycles. The summed E-state index contributed by atoms with van der Waals surface area (Å²) in [6.07, 6.45) is 3.37. The Kier molecular flexibility index (Phi) is 6.36. The number of nitrogens with one attached hydrogen (secondary N) is 1. The summed E-state index contributed by atoms with van der Waals surface area (Å²) in [6, 6.07) is 15.5. The van der Waals surface area contributed by atoms with Crippen molar-refractivity contribution in [2.75, 3.05) is 11.9 Å². The number of hydrogen-bond donors (Lipinski definition) is 2. The second-order valence-electron chi connectivity index (χ2n) is 8.12. The van der Waals surface area contributed by atoms with Crippen molar-refractivity contribution in [1.29, 1.82) is 0 Å². The number of carbonyl (C=O) groups excluding carboxylic acids is 3. The summed E-state index contributed by atoms with van der Waals surface area (Å²) in [5, 5.41) is 11.9. The van der Waals surface area contributed by atoms with Gasteiger partial charge in [0.15, 0.2) is 0 Å². The van der Waals surface area contributed by atoms with Gasteiger partial charge in [0.25, 0.3) is 11.1 Å². The van der Waals surface area contributed by atoms with Crippen molar-refractivity contribution in [1.82, 2.24) is 9.47 Å². The fourth-order valence-corrected chi connectivity index (χ4v) is 4.75. The zero-order valence-corrected chi connectivity index (χ0v) is 19.8. The van der Waals surface area contributed by atoms with Gasteiger partial charge in [-0.2, -0.15) is 0 Å². The first-order chi connectivity index (χ1) is 17.8. The van der Waals surface area contributed by atoms with E-state index in [4.69, 9.17) is 9.52 Å². The van der Waals surface area contributed by atoms with Gasteiger partial charge < -0.3 is 19.4 Å². The van der Waals surface area contributed by atoms with Gasteiger partial charge in [-0.3, -0.25) is 19.3 Å². The Balaban J connectivity index is 1.36. The van der Waals surface area contributed by atoms with E-state index in [1.807, 2.05) is 28.8 Å². The van der Waals surface area contributed by atoms with Crippen molar-refractivity contribution in [3.05, 3.63) is 94.7 Å². The maximum absolute atomic E-state index is 13.1. The van der Waals surface area contributed by atoms with E-state index in [0.717, 1.165) is 27.6 Å². The number of aromatic carboxylic acids is 1. The zero-order valence-electron chi connectivity index (χ0n) is 19.0. The number of amides is 3. The van der Waals surface area contributed by atoms with E-state index in [9.17, 15) is 23.6 Å². The highest BCUT2D eigenvalue weighted by atomic mass is 32.2. The Hall–Kier alpha value is -4.64. The van der Waals surface area contributed by atoms with E-state index in [0.29, 0.717) is 17.0 Å². The highest BCUT2D eigenvalue weighted by Gasteiger charge is 2.36. The van der Waals surface area contributed by atoms with Gasteiger partial charge in [-0.25, -0.2) is 9.18 Å². The topological polar surface area (TPSA) is 122 Å². The molecule has 0 saturated carbocycles. The van der Waals surface area contributed by atoms with Gasteiger partial charge in [0, 0.05) is 28.4 Å². The lowest BCUT2D eigenvalue weighted by Gasteiger charge is -2.12. The second kappa shape index (κ2) is 9.78. The van der Waals surface area contributed by atoms with Crippen molar-refractivity contribution >= 4 is 57.5 Å². The normalized spacial score (nSPS) is 14.6. The second-order valence-corrected chi connectivity index (χ2v) is 9.12. The molecule has 37 heavy (non-hydrogen) atoms. The molecule has 1 aliphatic heterocycles. The third-order valence-corrected chi connectivity index (χ3v) is 6.52. The van der Waals surface area contributed by atoms with Gasteiger partial charge >= 0.3 is 5.97 Å². The molecule has 11 heteroatoms. The molecule has 1 aliphatic rings. The predicted molar refractivity (Wildman–Crippen MR) is 134 cm³/mol. The molecule has 0 radical (unpaired) electrons. The third-order valence-electron chi connectivity index (χ3n) is 5.61. The molecule has 5 rings (SSSR count). The fraction of sp³-hybridized carbons (Fsp3) is 0.0769. The standard InChI is InChI=1S/C26H18FN3O6S/c27-16-5-7-17(8-6-16)28-23(31)14-30-24(32)22(37-26(30)35)11-15-12-29(20-4-2-1-3-19(15)20)13-18-9-10-21(36-18)25(33)34/h1-12H,13-14H2,(H,28,31)(H,33,34)/b22-11-. The number of anilines is 1. The number of hydrogen-bond acceptors (Lipinski definition) is 6. The first kappa shape index (κ1) is 24.1. The summed E-state index contributed by atoms with van der Waals surface area (Å²) in [5.41, 5.74) is 1.83. The minimum atomic E-state index is -1.16. The highest BCUT2D eigenvalue weighted by molar-refractivity contribution is 8.18. The van der Waals surface area contributed by atoms with Crippen LogP contribution in [0.25, 0.3) is 17.0 Å². The molecule has 2 aromatic carbocycles. The lowest BCUT2D eigenvalue weighted by atomic mass is 10.1. The predicted octanol–water partition coefficient (Wildman–Crippen LogP) is 4.79.